The third-order valence-electron chi connectivity index (χ3n) is 2.39. The summed E-state index contributed by atoms with van der Waals surface area (Å²) in [6.07, 6.45) is 2.88. The fraction of sp³-hybridized carbons (Fsp3) is 0.538. The molecule has 0 heterocycles. The molecule has 0 saturated carbocycles. The first kappa shape index (κ1) is 15.4. The van der Waals surface area contributed by atoms with Gasteiger partial charge in [-0.25, -0.2) is 4.39 Å². The molecule has 1 aromatic carbocycles. The second kappa shape index (κ2) is 8.43. The maximum Gasteiger partial charge on any atom is 0.200 e. The van der Waals surface area contributed by atoms with E-state index in [1.54, 1.807) is 0 Å². The molecule has 0 aliphatic heterocycles. The van der Waals surface area contributed by atoms with E-state index >= 15 is 0 Å². The summed E-state index contributed by atoms with van der Waals surface area (Å²) in [4.78, 5) is 0. The fourth-order valence-corrected chi connectivity index (χ4v) is 1.88. The molecule has 1 aromatic rings. The standard InChI is InChI=1S/C13H18BrF2NO/c1-2-5-17-6-3-4-7-18-12-9-10(14)8-11(15)13(12)16/h8-9,17H,2-7H2,1H3. The number of ether oxygens (including phenoxy) is 1. The van der Waals surface area contributed by atoms with E-state index in [2.05, 4.69) is 28.2 Å². The molecule has 0 spiro atoms. The lowest BCUT2D eigenvalue weighted by Crippen LogP contribution is -2.16. The monoisotopic (exact) mass is 321 g/mol. The van der Waals surface area contributed by atoms with Gasteiger partial charge in [-0.3, -0.25) is 0 Å². The van der Waals surface area contributed by atoms with Gasteiger partial charge in [-0.1, -0.05) is 22.9 Å². The summed E-state index contributed by atoms with van der Waals surface area (Å²) in [7, 11) is 0. The van der Waals surface area contributed by atoms with Crippen LogP contribution in [0.25, 0.3) is 0 Å². The average molecular weight is 322 g/mol. The van der Waals surface area contributed by atoms with Crippen molar-refractivity contribution in [1.82, 2.24) is 5.32 Å². The SMILES string of the molecule is CCCNCCCCOc1cc(Br)cc(F)c1F. The Morgan fingerprint density at radius 1 is 1.22 bits per heavy atom. The predicted octanol–water partition coefficient (Wildman–Crippen LogP) is 3.89. The number of hydrogen-bond donors (Lipinski definition) is 1. The normalized spacial score (nSPS) is 10.7. The smallest absolute Gasteiger partial charge is 0.200 e. The van der Waals surface area contributed by atoms with Crippen LogP contribution < -0.4 is 10.1 Å². The minimum absolute atomic E-state index is 0.0385. The lowest BCUT2D eigenvalue weighted by atomic mass is 10.3. The van der Waals surface area contributed by atoms with Gasteiger partial charge in [-0.05, 0) is 44.5 Å². The summed E-state index contributed by atoms with van der Waals surface area (Å²) in [6.45, 7) is 4.43. The van der Waals surface area contributed by atoms with Gasteiger partial charge in [0.1, 0.15) is 0 Å². The minimum Gasteiger partial charge on any atom is -0.490 e. The Bertz CT molecular complexity index is 374. The molecule has 1 rings (SSSR count). The number of benzene rings is 1. The van der Waals surface area contributed by atoms with Crippen molar-refractivity contribution < 1.29 is 13.5 Å². The molecular formula is C13H18BrF2NO. The zero-order chi connectivity index (χ0) is 13.4. The van der Waals surface area contributed by atoms with Gasteiger partial charge in [0.05, 0.1) is 6.61 Å². The molecule has 0 atom stereocenters. The van der Waals surface area contributed by atoms with Gasteiger partial charge in [0.15, 0.2) is 11.6 Å². The lowest BCUT2D eigenvalue weighted by molar-refractivity contribution is 0.285. The number of halogens is 3. The van der Waals surface area contributed by atoms with Crippen LogP contribution in [0.5, 0.6) is 5.75 Å². The van der Waals surface area contributed by atoms with Gasteiger partial charge in [0.25, 0.3) is 0 Å². The van der Waals surface area contributed by atoms with Crippen molar-refractivity contribution in [2.45, 2.75) is 26.2 Å². The molecular weight excluding hydrogens is 304 g/mol. The largest absolute Gasteiger partial charge is 0.490 e. The Morgan fingerprint density at radius 3 is 2.72 bits per heavy atom. The molecule has 5 heteroatoms. The van der Waals surface area contributed by atoms with Crippen LogP contribution in [-0.4, -0.2) is 19.7 Å². The molecule has 102 valence electrons. The fourth-order valence-electron chi connectivity index (χ4n) is 1.47. The Hall–Kier alpha value is -0.680. The second-order valence-electron chi connectivity index (χ2n) is 4.01. The van der Waals surface area contributed by atoms with Crippen molar-refractivity contribution in [2.75, 3.05) is 19.7 Å². The molecule has 18 heavy (non-hydrogen) atoms. The number of nitrogens with one attached hydrogen (secondary N) is 1. The third-order valence-corrected chi connectivity index (χ3v) is 2.85. The number of unbranched alkanes of at least 4 members (excludes halogenated alkanes) is 1. The topological polar surface area (TPSA) is 21.3 Å². The van der Waals surface area contributed by atoms with Gasteiger partial charge in [-0.15, -0.1) is 0 Å². The zero-order valence-corrected chi connectivity index (χ0v) is 12.0. The van der Waals surface area contributed by atoms with Crippen molar-refractivity contribution in [3.63, 3.8) is 0 Å². The molecule has 0 unspecified atom stereocenters. The average Bonchev–Trinajstić information content (AvgIpc) is 2.33. The molecule has 0 amide bonds. The number of hydrogen-bond acceptors (Lipinski definition) is 2. The number of rotatable bonds is 8. The van der Waals surface area contributed by atoms with Crippen LogP contribution in [0, 0.1) is 11.6 Å². The van der Waals surface area contributed by atoms with E-state index < -0.39 is 11.6 Å². The van der Waals surface area contributed by atoms with Crippen LogP contribution >= 0.6 is 15.9 Å². The Balaban J connectivity index is 2.27. The van der Waals surface area contributed by atoms with Gasteiger partial charge in [0, 0.05) is 4.47 Å². The molecule has 0 aliphatic carbocycles. The molecule has 0 bridgehead atoms. The summed E-state index contributed by atoms with van der Waals surface area (Å²) in [5.74, 6) is -1.87. The van der Waals surface area contributed by atoms with Crippen LogP contribution in [0.2, 0.25) is 0 Å². The quantitative estimate of drug-likeness (QED) is 0.579. The second-order valence-corrected chi connectivity index (χ2v) is 4.92. The highest BCUT2D eigenvalue weighted by molar-refractivity contribution is 9.10. The van der Waals surface area contributed by atoms with E-state index in [0.717, 1.165) is 38.4 Å². The van der Waals surface area contributed by atoms with Crippen molar-refractivity contribution in [2.24, 2.45) is 0 Å². The van der Waals surface area contributed by atoms with E-state index in [1.165, 1.54) is 6.07 Å². The molecule has 2 nitrogen and oxygen atoms in total. The van der Waals surface area contributed by atoms with E-state index in [-0.39, 0.29) is 5.75 Å². The summed E-state index contributed by atoms with van der Waals surface area (Å²) in [6, 6.07) is 2.52. The maximum atomic E-state index is 13.3. The minimum atomic E-state index is -0.928. The van der Waals surface area contributed by atoms with Crippen LogP contribution in [0.4, 0.5) is 8.78 Å². The molecule has 0 aromatic heterocycles. The van der Waals surface area contributed by atoms with Crippen molar-refractivity contribution in [3.05, 3.63) is 28.2 Å². The predicted molar refractivity (Wildman–Crippen MR) is 71.9 cm³/mol. The van der Waals surface area contributed by atoms with Crippen LogP contribution in [0.1, 0.15) is 26.2 Å². The van der Waals surface area contributed by atoms with Gasteiger partial charge in [-0.2, -0.15) is 4.39 Å². The maximum absolute atomic E-state index is 13.3. The van der Waals surface area contributed by atoms with Gasteiger partial charge < -0.3 is 10.1 Å². The summed E-state index contributed by atoms with van der Waals surface area (Å²) < 4.78 is 32.1. The van der Waals surface area contributed by atoms with Crippen molar-refractivity contribution >= 4 is 15.9 Å². The van der Waals surface area contributed by atoms with Gasteiger partial charge >= 0.3 is 0 Å². The van der Waals surface area contributed by atoms with Crippen molar-refractivity contribution in [1.29, 1.82) is 0 Å². The first-order valence-corrected chi connectivity index (χ1v) is 6.92. The molecule has 0 aliphatic rings. The first-order chi connectivity index (χ1) is 8.65. The molecule has 0 radical (unpaired) electrons. The van der Waals surface area contributed by atoms with E-state index in [1.807, 2.05) is 0 Å². The van der Waals surface area contributed by atoms with Crippen LogP contribution in [0.3, 0.4) is 0 Å². The Kier molecular flexibility index (Phi) is 7.20. The third kappa shape index (κ3) is 5.31. The Labute approximate surface area is 115 Å². The van der Waals surface area contributed by atoms with E-state index in [4.69, 9.17) is 4.74 Å². The zero-order valence-electron chi connectivity index (χ0n) is 10.4. The highest BCUT2D eigenvalue weighted by atomic mass is 79.9. The lowest BCUT2D eigenvalue weighted by Gasteiger charge is -2.08. The first-order valence-electron chi connectivity index (χ1n) is 6.13. The molecule has 0 fully saturated rings. The highest BCUT2D eigenvalue weighted by Crippen LogP contribution is 2.25. The van der Waals surface area contributed by atoms with Gasteiger partial charge in [0.2, 0.25) is 5.82 Å². The van der Waals surface area contributed by atoms with E-state index in [9.17, 15) is 8.78 Å². The summed E-state index contributed by atoms with van der Waals surface area (Å²) >= 11 is 3.10. The summed E-state index contributed by atoms with van der Waals surface area (Å²) in [5, 5.41) is 3.27. The van der Waals surface area contributed by atoms with Crippen LogP contribution in [0.15, 0.2) is 16.6 Å². The molecule has 1 N–H and O–H groups in total. The van der Waals surface area contributed by atoms with E-state index in [0.29, 0.717) is 11.1 Å². The highest BCUT2D eigenvalue weighted by Gasteiger charge is 2.10. The van der Waals surface area contributed by atoms with Crippen LogP contribution in [-0.2, 0) is 0 Å². The van der Waals surface area contributed by atoms with Crippen molar-refractivity contribution in [3.8, 4) is 5.75 Å². The summed E-state index contributed by atoms with van der Waals surface area (Å²) in [5.41, 5.74) is 0. The Morgan fingerprint density at radius 2 is 2.00 bits per heavy atom. The molecule has 0 saturated heterocycles.